The van der Waals surface area contributed by atoms with Crippen molar-refractivity contribution in [2.24, 2.45) is 0 Å². The molecule has 0 unspecified atom stereocenters. The molecule has 31 heavy (non-hydrogen) atoms. The number of unbranched alkanes of at least 4 members (excludes halogenated alkanes) is 1. The highest BCUT2D eigenvalue weighted by molar-refractivity contribution is 6.31. The Bertz CT molecular complexity index is 1180. The maximum atomic E-state index is 6.17. The Labute approximate surface area is 187 Å². The van der Waals surface area contributed by atoms with Gasteiger partial charge in [0.05, 0.1) is 19.4 Å². The highest BCUT2D eigenvalue weighted by Crippen LogP contribution is 2.35. The minimum Gasteiger partial charge on any atom is -0.495 e. The second kappa shape index (κ2) is 9.67. The van der Waals surface area contributed by atoms with Gasteiger partial charge in [0.25, 0.3) is 0 Å². The summed E-state index contributed by atoms with van der Waals surface area (Å²) in [5, 5.41) is 14.9. The number of methoxy groups -OCH3 is 1. The van der Waals surface area contributed by atoms with E-state index in [0.717, 1.165) is 52.9 Å². The fraction of sp³-hybridized carbons (Fsp3) is 0.200. The van der Waals surface area contributed by atoms with Gasteiger partial charge < -0.3 is 14.8 Å². The molecule has 0 saturated heterocycles. The van der Waals surface area contributed by atoms with Crippen LogP contribution in [0.3, 0.4) is 0 Å². The van der Waals surface area contributed by atoms with E-state index in [9.17, 15) is 0 Å². The van der Waals surface area contributed by atoms with Crippen LogP contribution in [0.2, 0.25) is 5.02 Å². The molecule has 4 rings (SSSR count). The quantitative estimate of drug-likeness (QED) is 0.307. The van der Waals surface area contributed by atoms with Crippen LogP contribution in [-0.2, 0) is 0 Å². The van der Waals surface area contributed by atoms with Crippen molar-refractivity contribution in [1.29, 1.82) is 0 Å². The molecular weight excluding hydrogens is 410 g/mol. The summed E-state index contributed by atoms with van der Waals surface area (Å²) >= 11 is 6.17. The van der Waals surface area contributed by atoms with Gasteiger partial charge in [-0.3, -0.25) is 0 Å². The SMILES string of the molecule is CCCCOc1ccc(-c2nnc(Nc3cc(Cl)ccc3OC)c3ccccc23)cc1. The molecule has 3 aromatic carbocycles. The molecule has 1 aromatic heterocycles. The number of hydrogen-bond donors (Lipinski definition) is 1. The molecule has 1 N–H and O–H groups in total. The molecule has 0 fully saturated rings. The lowest BCUT2D eigenvalue weighted by atomic mass is 10.0. The van der Waals surface area contributed by atoms with Crippen LogP contribution >= 0.6 is 11.6 Å². The number of aromatic nitrogens is 2. The van der Waals surface area contributed by atoms with E-state index in [-0.39, 0.29) is 0 Å². The van der Waals surface area contributed by atoms with Crippen LogP contribution in [0.4, 0.5) is 11.5 Å². The first-order chi connectivity index (χ1) is 15.2. The molecule has 0 atom stereocenters. The summed E-state index contributed by atoms with van der Waals surface area (Å²) in [5.74, 6) is 2.18. The van der Waals surface area contributed by atoms with E-state index < -0.39 is 0 Å². The van der Waals surface area contributed by atoms with Gasteiger partial charge in [-0.15, -0.1) is 10.2 Å². The summed E-state index contributed by atoms with van der Waals surface area (Å²) in [6.45, 7) is 2.88. The zero-order chi connectivity index (χ0) is 21.6. The third-order valence-electron chi connectivity index (χ3n) is 5.00. The Morgan fingerprint density at radius 2 is 1.71 bits per heavy atom. The zero-order valence-corrected chi connectivity index (χ0v) is 18.3. The summed E-state index contributed by atoms with van der Waals surface area (Å²) in [5.41, 5.74) is 2.54. The van der Waals surface area contributed by atoms with Gasteiger partial charge in [-0.25, -0.2) is 0 Å². The summed E-state index contributed by atoms with van der Waals surface area (Å²) in [7, 11) is 1.62. The molecule has 5 nitrogen and oxygen atoms in total. The average Bonchev–Trinajstić information content (AvgIpc) is 2.80. The van der Waals surface area contributed by atoms with E-state index in [1.807, 2.05) is 60.7 Å². The topological polar surface area (TPSA) is 56.3 Å². The molecule has 4 aromatic rings. The van der Waals surface area contributed by atoms with Crippen LogP contribution in [0, 0.1) is 0 Å². The van der Waals surface area contributed by atoms with Crippen LogP contribution in [0.25, 0.3) is 22.0 Å². The lowest BCUT2D eigenvalue weighted by Crippen LogP contribution is -2.01. The molecule has 0 aliphatic rings. The van der Waals surface area contributed by atoms with Gasteiger partial charge in [0.15, 0.2) is 5.82 Å². The lowest BCUT2D eigenvalue weighted by Gasteiger charge is -2.14. The molecule has 0 aliphatic heterocycles. The smallest absolute Gasteiger partial charge is 0.161 e. The van der Waals surface area contributed by atoms with Gasteiger partial charge >= 0.3 is 0 Å². The van der Waals surface area contributed by atoms with Crippen LogP contribution < -0.4 is 14.8 Å². The summed E-state index contributed by atoms with van der Waals surface area (Å²) in [6, 6.07) is 21.5. The molecule has 0 aliphatic carbocycles. The zero-order valence-electron chi connectivity index (χ0n) is 17.6. The largest absolute Gasteiger partial charge is 0.495 e. The normalized spacial score (nSPS) is 10.8. The van der Waals surface area contributed by atoms with Gasteiger partial charge in [-0.05, 0) is 48.9 Å². The second-order valence-electron chi connectivity index (χ2n) is 7.14. The van der Waals surface area contributed by atoms with Crippen molar-refractivity contribution in [1.82, 2.24) is 10.2 Å². The van der Waals surface area contributed by atoms with Gasteiger partial charge in [0, 0.05) is 21.4 Å². The maximum absolute atomic E-state index is 6.17. The maximum Gasteiger partial charge on any atom is 0.161 e. The fourth-order valence-corrected chi connectivity index (χ4v) is 3.53. The first-order valence-electron chi connectivity index (χ1n) is 10.3. The van der Waals surface area contributed by atoms with Crippen LogP contribution in [0.15, 0.2) is 66.7 Å². The molecular formula is C25H24ClN3O2. The molecule has 6 heteroatoms. The molecule has 0 bridgehead atoms. The Kier molecular flexibility index (Phi) is 6.53. The molecule has 1 heterocycles. The number of halogens is 1. The molecule has 158 valence electrons. The first kappa shape index (κ1) is 20.9. The standard InChI is InChI=1S/C25H24ClN3O2/c1-3-4-15-31-19-12-9-17(10-13-19)24-20-7-5-6-8-21(20)25(29-28-24)27-22-16-18(26)11-14-23(22)30-2/h5-14,16H,3-4,15H2,1-2H3,(H,27,29). The number of nitrogens with one attached hydrogen (secondary N) is 1. The van der Waals surface area contributed by atoms with E-state index in [4.69, 9.17) is 21.1 Å². The van der Waals surface area contributed by atoms with Gasteiger partial charge in [0.2, 0.25) is 0 Å². The minimum absolute atomic E-state index is 0.610. The van der Waals surface area contributed by atoms with E-state index in [1.54, 1.807) is 13.2 Å². The number of rotatable bonds is 8. The van der Waals surface area contributed by atoms with Crippen molar-refractivity contribution in [2.45, 2.75) is 19.8 Å². The van der Waals surface area contributed by atoms with Crippen LogP contribution in [-0.4, -0.2) is 23.9 Å². The predicted molar refractivity (Wildman–Crippen MR) is 127 cm³/mol. The Hall–Kier alpha value is -3.31. The van der Waals surface area contributed by atoms with Crippen molar-refractivity contribution in [3.8, 4) is 22.8 Å². The predicted octanol–water partition coefficient (Wildman–Crippen LogP) is 6.88. The molecule has 0 radical (unpaired) electrons. The number of nitrogens with zero attached hydrogens (tertiary/aromatic N) is 2. The van der Waals surface area contributed by atoms with Gasteiger partial charge in [-0.1, -0.05) is 49.2 Å². The van der Waals surface area contributed by atoms with Crippen molar-refractivity contribution >= 4 is 33.9 Å². The van der Waals surface area contributed by atoms with Crippen molar-refractivity contribution in [3.63, 3.8) is 0 Å². The first-order valence-corrected chi connectivity index (χ1v) is 10.7. The molecule has 0 spiro atoms. The van der Waals surface area contributed by atoms with Gasteiger partial charge in [-0.2, -0.15) is 0 Å². The number of fused-ring (bicyclic) bond motifs is 1. The van der Waals surface area contributed by atoms with Crippen molar-refractivity contribution in [2.75, 3.05) is 19.0 Å². The molecule has 0 saturated carbocycles. The van der Waals surface area contributed by atoms with Crippen molar-refractivity contribution in [3.05, 3.63) is 71.8 Å². The summed E-state index contributed by atoms with van der Waals surface area (Å²) < 4.78 is 11.2. The van der Waals surface area contributed by atoms with Crippen molar-refractivity contribution < 1.29 is 9.47 Å². The highest BCUT2D eigenvalue weighted by atomic mass is 35.5. The number of ether oxygens (including phenoxy) is 2. The lowest BCUT2D eigenvalue weighted by molar-refractivity contribution is 0.309. The number of benzene rings is 3. The molecule has 0 amide bonds. The average molecular weight is 434 g/mol. The van der Waals surface area contributed by atoms with E-state index in [2.05, 4.69) is 22.4 Å². The number of hydrogen-bond acceptors (Lipinski definition) is 5. The minimum atomic E-state index is 0.610. The third-order valence-corrected chi connectivity index (χ3v) is 5.23. The monoisotopic (exact) mass is 433 g/mol. The van der Waals surface area contributed by atoms with Gasteiger partial charge in [0.1, 0.15) is 17.2 Å². The summed E-state index contributed by atoms with van der Waals surface area (Å²) in [6.07, 6.45) is 2.16. The third kappa shape index (κ3) is 4.72. The van der Waals surface area contributed by atoms with Crippen LogP contribution in [0.5, 0.6) is 11.5 Å². The second-order valence-corrected chi connectivity index (χ2v) is 7.58. The Morgan fingerprint density at radius 3 is 2.45 bits per heavy atom. The van der Waals surface area contributed by atoms with E-state index >= 15 is 0 Å². The van der Waals surface area contributed by atoms with E-state index in [1.165, 1.54) is 0 Å². The van der Waals surface area contributed by atoms with Crippen LogP contribution in [0.1, 0.15) is 19.8 Å². The highest BCUT2D eigenvalue weighted by Gasteiger charge is 2.13. The number of anilines is 2. The fourth-order valence-electron chi connectivity index (χ4n) is 3.36. The Morgan fingerprint density at radius 1 is 0.935 bits per heavy atom. The van der Waals surface area contributed by atoms with E-state index in [0.29, 0.717) is 16.6 Å². The summed E-state index contributed by atoms with van der Waals surface area (Å²) in [4.78, 5) is 0. The Balaban J connectivity index is 1.68.